The normalized spacial score (nSPS) is 30.3. The van der Waals surface area contributed by atoms with Gasteiger partial charge in [0.05, 0.1) is 31.2 Å². The van der Waals surface area contributed by atoms with Crippen molar-refractivity contribution in [1.82, 2.24) is 10.2 Å². The Balaban J connectivity index is 1.33. The summed E-state index contributed by atoms with van der Waals surface area (Å²) >= 11 is 0. The minimum atomic E-state index is -1.44. The van der Waals surface area contributed by atoms with E-state index in [2.05, 4.69) is 5.32 Å². The topological polar surface area (TPSA) is 125 Å². The van der Waals surface area contributed by atoms with Crippen LogP contribution in [0.2, 0.25) is 0 Å². The number of nitrogens with one attached hydrogen (secondary N) is 1. The van der Waals surface area contributed by atoms with E-state index in [1.165, 1.54) is 4.90 Å². The van der Waals surface area contributed by atoms with Gasteiger partial charge in [-0.1, -0.05) is 91.9 Å². The van der Waals surface area contributed by atoms with E-state index in [1.54, 1.807) is 17.1 Å². The van der Waals surface area contributed by atoms with Crippen LogP contribution in [-0.4, -0.2) is 77.2 Å². The van der Waals surface area contributed by atoms with Gasteiger partial charge >= 0.3 is 5.97 Å². The van der Waals surface area contributed by atoms with Crippen LogP contribution in [0, 0.1) is 11.8 Å². The van der Waals surface area contributed by atoms with Crippen molar-refractivity contribution in [2.45, 2.75) is 56.1 Å². The Morgan fingerprint density at radius 3 is 2.50 bits per heavy atom. The molecule has 0 aromatic heterocycles. The molecular weight excluding hydrogens is 610 g/mol. The third-order valence-corrected chi connectivity index (χ3v) is 10.1. The lowest BCUT2D eigenvalue weighted by molar-refractivity contribution is -0.160. The largest absolute Gasteiger partial charge is 0.455 e. The highest BCUT2D eigenvalue weighted by atomic mass is 16.6. The number of rotatable bonds is 5. The number of aliphatic hydroxyl groups excluding tert-OH is 1. The summed E-state index contributed by atoms with van der Waals surface area (Å²) in [5.41, 5.74) is -0.112. The number of cyclic esters (lactones) is 1. The highest BCUT2D eigenvalue weighted by Gasteiger charge is 2.74. The predicted octanol–water partition coefficient (Wildman–Crippen LogP) is 3.85. The van der Waals surface area contributed by atoms with Gasteiger partial charge in [0.2, 0.25) is 11.8 Å². The number of amides is 3. The lowest BCUT2D eigenvalue weighted by atomic mass is 9.74. The fraction of sp³-hybridized carbons (Fsp3) is 0.368. The van der Waals surface area contributed by atoms with Crippen molar-refractivity contribution in [3.63, 3.8) is 0 Å². The lowest BCUT2D eigenvalue weighted by Gasteiger charge is -2.38. The molecule has 7 rings (SSSR count). The lowest BCUT2D eigenvalue weighted by Crippen LogP contribution is -2.58. The average molecular weight is 650 g/mol. The second kappa shape index (κ2) is 13.0. The summed E-state index contributed by atoms with van der Waals surface area (Å²) in [5.74, 6) is -3.72. The van der Waals surface area contributed by atoms with E-state index in [9.17, 15) is 19.5 Å². The van der Waals surface area contributed by atoms with Crippen molar-refractivity contribution in [2.75, 3.05) is 24.6 Å². The number of anilines is 1. The van der Waals surface area contributed by atoms with Gasteiger partial charge in [0.25, 0.3) is 5.91 Å². The monoisotopic (exact) mass is 649 g/mol. The number of esters is 1. The van der Waals surface area contributed by atoms with Crippen LogP contribution in [0.15, 0.2) is 97.1 Å². The molecule has 0 aliphatic carbocycles. The maximum Gasteiger partial charge on any atom is 0.313 e. The Hall–Kier alpha value is -4.80. The molecule has 2 saturated heterocycles. The summed E-state index contributed by atoms with van der Waals surface area (Å²) in [5, 5.41) is 15.3. The molecule has 48 heavy (non-hydrogen) atoms. The summed E-state index contributed by atoms with van der Waals surface area (Å²) in [4.78, 5) is 59.6. The Labute approximate surface area is 279 Å². The molecule has 5 bridgehead atoms. The molecule has 4 heterocycles. The van der Waals surface area contributed by atoms with Crippen LogP contribution in [0.4, 0.5) is 5.69 Å². The third-order valence-electron chi connectivity index (χ3n) is 10.1. The molecule has 248 valence electrons. The Kier molecular flexibility index (Phi) is 8.61. The van der Waals surface area contributed by atoms with Crippen molar-refractivity contribution >= 4 is 40.2 Å². The predicted molar refractivity (Wildman–Crippen MR) is 178 cm³/mol. The zero-order valence-corrected chi connectivity index (χ0v) is 26.7. The SMILES string of the molecule is CC[C@@H](CO)N1C(=O)[C@H]2[C@@H]3C(=O)O[C@H](c4ccccc4)CNC(=O)CC/C=C\CN(c4ccc5ccccc5c4)C(=O)[C@H]1[C@@]21C=C[C@@H]3O1. The number of fused-ring (bicyclic) bond motifs is 3. The fourth-order valence-corrected chi connectivity index (χ4v) is 7.70. The molecule has 4 aliphatic rings. The number of hydrogen-bond acceptors (Lipinski definition) is 7. The molecule has 7 atom stereocenters. The second-order valence-corrected chi connectivity index (χ2v) is 12.8. The second-order valence-electron chi connectivity index (χ2n) is 12.8. The number of carbonyl (C=O) groups is 4. The number of hydrogen-bond donors (Lipinski definition) is 2. The van der Waals surface area contributed by atoms with Crippen molar-refractivity contribution in [3.05, 3.63) is 103 Å². The first-order chi connectivity index (χ1) is 23.4. The van der Waals surface area contributed by atoms with Crippen LogP contribution in [0.25, 0.3) is 10.8 Å². The molecule has 10 heteroatoms. The van der Waals surface area contributed by atoms with Gasteiger partial charge in [-0.25, -0.2) is 0 Å². The van der Waals surface area contributed by atoms with Gasteiger partial charge in [-0.3, -0.25) is 19.2 Å². The molecule has 4 aliphatic heterocycles. The van der Waals surface area contributed by atoms with Gasteiger partial charge in [-0.15, -0.1) is 0 Å². The maximum atomic E-state index is 15.0. The number of carbonyl (C=O) groups excluding carboxylic acids is 4. The Bertz CT molecular complexity index is 1790. The molecule has 3 aromatic rings. The quantitative estimate of drug-likeness (QED) is 0.318. The fourth-order valence-electron chi connectivity index (χ4n) is 7.70. The van der Waals surface area contributed by atoms with Gasteiger partial charge in [0.1, 0.15) is 23.7 Å². The first-order valence-electron chi connectivity index (χ1n) is 16.6. The molecular formula is C38H39N3O7. The van der Waals surface area contributed by atoms with E-state index in [0.29, 0.717) is 24.1 Å². The van der Waals surface area contributed by atoms with Crippen molar-refractivity contribution < 1.29 is 33.8 Å². The number of aliphatic hydroxyl groups is 1. The van der Waals surface area contributed by atoms with Crippen LogP contribution in [0.1, 0.15) is 37.9 Å². The van der Waals surface area contributed by atoms with Crippen LogP contribution >= 0.6 is 0 Å². The van der Waals surface area contributed by atoms with E-state index >= 15 is 4.79 Å². The minimum absolute atomic E-state index is 0.0571. The molecule has 0 unspecified atom stereocenters. The Morgan fingerprint density at radius 2 is 1.73 bits per heavy atom. The van der Waals surface area contributed by atoms with Crippen molar-refractivity contribution in [1.29, 1.82) is 0 Å². The van der Waals surface area contributed by atoms with E-state index in [-0.39, 0.29) is 37.9 Å². The highest BCUT2D eigenvalue weighted by molar-refractivity contribution is 6.06. The zero-order chi connectivity index (χ0) is 33.4. The average Bonchev–Trinajstić information content (AvgIpc) is 3.76. The van der Waals surface area contributed by atoms with E-state index in [1.807, 2.05) is 91.9 Å². The van der Waals surface area contributed by atoms with Gasteiger partial charge in [0.15, 0.2) is 0 Å². The van der Waals surface area contributed by atoms with Gasteiger partial charge in [0, 0.05) is 18.7 Å². The molecule has 0 radical (unpaired) electrons. The molecule has 2 N–H and O–H groups in total. The molecule has 1 spiro atoms. The third kappa shape index (κ3) is 5.38. The summed E-state index contributed by atoms with van der Waals surface area (Å²) in [7, 11) is 0. The first kappa shape index (κ1) is 31.8. The standard InChI is InChI=1S/C38H39N3O7/c1-2-27(23-42)41-34-36(45)40(28-17-16-24-11-8-9-14-26(24)21-28)20-10-4-7-15-31(43)39-22-30(25-12-5-3-6-13-25)47-37(46)32-29-18-19-38(34,48-29)33(32)35(41)44/h3-6,8-14,16-19,21,27,29-30,32-34,42H,2,7,15,20,22-23H2,1H3,(H,39,43)/b10-4-/t27-,29-,30-,32+,33+,34-,38+/m0/s1. The molecule has 0 saturated carbocycles. The zero-order valence-electron chi connectivity index (χ0n) is 26.7. The van der Waals surface area contributed by atoms with E-state index < -0.39 is 53.6 Å². The van der Waals surface area contributed by atoms with Gasteiger partial charge in [-0.05, 0) is 41.3 Å². The van der Waals surface area contributed by atoms with Crippen LogP contribution in [0.3, 0.4) is 0 Å². The highest BCUT2D eigenvalue weighted by Crippen LogP contribution is 2.56. The first-order valence-corrected chi connectivity index (χ1v) is 16.6. The number of allylic oxidation sites excluding steroid dienone is 1. The molecule has 10 nitrogen and oxygen atoms in total. The van der Waals surface area contributed by atoms with Crippen LogP contribution < -0.4 is 10.2 Å². The summed E-state index contributed by atoms with van der Waals surface area (Å²) in [6.45, 7) is 1.72. The number of nitrogens with zero attached hydrogens (tertiary/aromatic N) is 2. The number of likely N-dealkylation sites (tertiary alicyclic amines) is 1. The van der Waals surface area contributed by atoms with Crippen LogP contribution in [-0.2, 0) is 28.7 Å². The van der Waals surface area contributed by atoms with Crippen LogP contribution in [0.5, 0.6) is 0 Å². The summed E-state index contributed by atoms with van der Waals surface area (Å²) < 4.78 is 12.7. The maximum absolute atomic E-state index is 15.0. The Morgan fingerprint density at radius 1 is 0.958 bits per heavy atom. The van der Waals surface area contributed by atoms with E-state index in [0.717, 1.165) is 10.8 Å². The summed E-state index contributed by atoms with van der Waals surface area (Å²) in [6.07, 6.45) is 6.66. The minimum Gasteiger partial charge on any atom is -0.455 e. The van der Waals surface area contributed by atoms with E-state index in [4.69, 9.17) is 9.47 Å². The molecule has 3 aromatic carbocycles. The number of benzene rings is 3. The number of ether oxygens (including phenoxy) is 2. The van der Waals surface area contributed by atoms with Gasteiger partial charge in [-0.2, -0.15) is 0 Å². The smallest absolute Gasteiger partial charge is 0.313 e. The molecule has 3 amide bonds. The van der Waals surface area contributed by atoms with Crippen molar-refractivity contribution in [3.8, 4) is 0 Å². The molecule has 2 fully saturated rings. The van der Waals surface area contributed by atoms with Crippen molar-refractivity contribution in [2.24, 2.45) is 11.8 Å². The summed E-state index contributed by atoms with van der Waals surface area (Å²) in [6, 6.07) is 20.9. The van der Waals surface area contributed by atoms with Gasteiger partial charge < -0.3 is 29.7 Å².